The van der Waals surface area contributed by atoms with Gasteiger partial charge in [-0.15, -0.1) is 0 Å². The van der Waals surface area contributed by atoms with Crippen molar-refractivity contribution in [3.8, 4) is 0 Å². The summed E-state index contributed by atoms with van der Waals surface area (Å²) in [6, 6.07) is 9.20. The summed E-state index contributed by atoms with van der Waals surface area (Å²) < 4.78 is 0. The number of unbranched alkanes of at least 4 members (excludes halogenated alkanes) is 1. The number of benzene rings is 1. The summed E-state index contributed by atoms with van der Waals surface area (Å²) in [6.45, 7) is 9.24. The molecule has 0 bridgehead atoms. The molecule has 0 spiro atoms. The van der Waals surface area contributed by atoms with Crippen molar-refractivity contribution < 1.29 is 0 Å². The quantitative estimate of drug-likeness (QED) is 0.564. The molecule has 0 heterocycles. The maximum absolute atomic E-state index is 2.49. The zero-order valence-electron chi connectivity index (χ0n) is 15.3. The van der Waals surface area contributed by atoms with E-state index in [2.05, 4.69) is 52.0 Å². The lowest BCUT2D eigenvalue weighted by molar-refractivity contribution is 0.206. The van der Waals surface area contributed by atoms with Gasteiger partial charge in [0.2, 0.25) is 0 Å². The van der Waals surface area contributed by atoms with Gasteiger partial charge in [-0.05, 0) is 60.5 Å². The molecule has 0 heteroatoms. The SMILES string of the molecule is CCC1c2ccccc2CCC1C1CCCC1C.CCCC. The highest BCUT2D eigenvalue weighted by Crippen LogP contribution is 2.48. The van der Waals surface area contributed by atoms with Crippen molar-refractivity contribution in [1.82, 2.24) is 0 Å². The Morgan fingerprint density at radius 3 is 2.23 bits per heavy atom. The van der Waals surface area contributed by atoms with Gasteiger partial charge in [-0.2, -0.15) is 0 Å². The lowest BCUT2D eigenvalue weighted by atomic mass is 9.66. The highest BCUT2D eigenvalue weighted by Gasteiger charge is 2.37. The molecule has 2 aliphatic carbocycles. The van der Waals surface area contributed by atoms with Crippen LogP contribution in [0.2, 0.25) is 0 Å². The van der Waals surface area contributed by atoms with Crippen LogP contribution in [0.1, 0.15) is 89.7 Å². The molecule has 3 rings (SSSR count). The fourth-order valence-electron chi connectivity index (χ4n) is 4.72. The molecule has 0 aliphatic heterocycles. The fourth-order valence-corrected chi connectivity index (χ4v) is 4.72. The Balaban J connectivity index is 0.000000396. The van der Waals surface area contributed by atoms with E-state index >= 15 is 0 Å². The van der Waals surface area contributed by atoms with Crippen molar-refractivity contribution in [3.05, 3.63) is 35.4 Å². The van der Waals surface area contributed by atoms with Gasteiger partial charge in [-0.1, -0.05) is 77.6 Å². The number of fused-ring (bicyclic) bond motifs is 1. The first kappa shape index (κ1) is 17.6. The normalized spacial score (nSPS) is 30.4. The molecular formula is C22H36. The van der Waals surface area contributed by atoms with Crippen molar-refractivity contribution in [2.45, 2.75) is 85.0 Å². The first-order valence-electron chi connectivity index (χ1n) is 9.80. The zero-order valence-corrected chi connectivity index (χ0v) is 15.3. The predicted octanol–water partition coefficient (Wildman–Crippen LogP) is 6.99. The average molecular weight is 301 g/mol. The average Bonchev–Trinajstić information content (AvgIpc) is 2.99. The Morgan fingerprint density at radius 1 is 0.909 bits per heavy atom. The van der Waals surface area contributed by atoms with E-state index < -0.39 is 0 Å². The van der Waals surface area contributed by atoms with Gasteiger partial charge in [0.05, 0.1) is 0 Å². The Hall–Kier alpha value is -0.780. The van der Waals surface area contributed by atoms with Crippen molar-refractivity contribution in [1.29, 1.82) is 0 Å². The molecule has 1 aromatic rings. The van der Waals surface area contributed by atoms with E-state index in [1.807, 2.05) is 0 Å². The molecule has 0 saturated heterocycles. The van der Waals surface area contributed by atoms with E-state index in [1.165, 1.54) is 51.4 Å². The van der Waals surface area contributed by atoms with Gasteiger partial charge >= 0.3 is 0 Å². The van der Waals surface area contributed by atoms with Crippen molar-refractivity contribution in [3.63, 3.8) is 0 Å². The summed E-state index contributed by atoms with van der Waals surface area (Å²) in [7, 11) is 0. The lowest BCUT2D eigenvalue weighted by Crippen LogP contribution is -2.28. The van der Waals surface area contributed by atoms with E-state index in [9.17, 15) is 0 Å². The molecule has 2 aliphatic rings. The van der Waals surface area contributed by atoms with Gasteiger partial charge in [0, 0.05) is 0 Å². The molecule has 124 valence electrons. The number of aryl methyl sites for hydroxylation is 1. The molecule has 0 nitrogen and oxygen atoms in total. The second kappa shape index (κ2) is 8.75. The maximum atomic E-state index is 2.49. The summed E-state index contributed by atoms with van der Waals surface area (Å²) in [5, 5.41) is 0. The Morgan fingerprint density at radius 2 is 1.64 bits per heavy atom. The van der Waals surface area contributed by atoms with Crippen LogP contribution in [0.5, 0.6) is 0 Å². The summed E-state index contributed by atoms with van der Waals surface area (Å²) in [6.07, 6.45) is 11.2. The van der Waals surface area contributed by atoms with E-state index in [-0.39, 0.29) is 0 Å². The summed E-state index contributed by atoms with van der Waals surface area (Å²) >= 11 is 0. The molecule has 4 atom stereocenters. The molecule has 0 aromatic heterocycles. The van der Waals surface area contributed by atoms with Gasteiger partial charge in [0.25, 0.3) is 0 Å². The minimum absolute atomic E-state index is 0.834. The van der Waals surface area contributed by atoms with Crippen LogP contribution >= 0.6 is 0 Å². The van der Waals surface area contributed by atoms with E-state index in [4.69, 9.17) is 0 Å². The summed E-state index contributed by atoms with van der Waals surface area (Å²) in [5.41, 5.74) is 3.31. The monoisotopic (exact) mass is 300 g/mol. The Bertz CT molecular complexity index is 431. The van der Waals surface area contributed by atoms with E-state index in [0.717, 1.165) is 23.7 Å². The van der Waals surface area contributed by atoms with Crippen molar-refractivity contribution in [2.24, 2.45) is 17.8 Å². The number of hydrogen-bond donors (Lipinski definition) is 0. The van der Waals surface area contributed by atoms with Crippen LogP contribution in [0.15, 0.2) is 24.3 Å². The van der Waals surface area contributed by atoms with Gasteiger partial charge in [-0.25, -0.2) is 0 Å². The van der Waals surface area contributed by atoms with Crippen LogP contribution in [0.3, 0.4) is 0 Å². The minimum Gasteiger partial charge on any atom is -0.0654 e. The second-order valence-electron chi connectivity index (χ2n) is 7.49. The molecule has 1 fully saturated rings. The van der Waals surface area contributed by atoms with E-state index in [0.29, 0.717) is 0 Å². The van der Waals surface area contributed by atoms with Crippen LogP contribution < -0.4 is 0 Å². The Kier molecular flexibility index (Phi) is 6.99. The summed E-state index contributed by atoms with van der Waals surface area (Å²) in [5.74, 6) is 3.76. The highest BCUT2D eigenvalue weighted by atomic mass is 14.4. The molecular weight excluding hydrogens is 264 g/mol. The standard InChI is InChI=1S/C18H26.C4H10/c1-3-15-17-9-5-4-8-14(17)11-12-18(15)16-10-6-7-13(16)2;1-3-4-2/h4-5,8-9,13,15-16,18H,3,6-7,10-12H2,1-2H3;3-4H2,1-2H3. The zero-order chi connectivity index (χ0) is 15.9. The Labute approximate surface area is 138 Å². The highest BCUT2D eigenvalue weighted by molar-refractivity contribution is 5.33. The molecule has 1 aromatic carbocycles. The minimum atomic E-state index is 0.834. The smallest absolute Gasteiger partial charge is 0.0131 e. The predicted molar refractivity (Wildman–Crippen MR) is 98.4 cm³/mol. The van der Waals surface area contributed by atoms with Crippen LogP contribution in [-0.2, 0) is 6.42 Å². The van der Waals surface area contributed by atoms with E-state index in [1.54, 1.807) is 11.1 Å². The third-order valence-electron chi connectivity index (χ3n) is 6.14. The van der Waals surface area contributed by atoms with Gasteiger partial charge < -0.3 is 0 Å². The number of hydrogen-bond acceptors (Lipinski definition) is 0. The van der Waals surface area contributed by atoms with Crippen LogP contribution in [0.25, 0.3) is 0 Å². The summed E-state index contributed by atoms with van der Waals surface area (Å²) in [4.78, 5) is 0. The molecule has 22 heavy (non-hydrogen) atoms. The third-order valence-corrected chi connectivity index (χ3v) is 6.14. The first-order valence-corrected chi connectivity index (χ1v) is 9.80. The molecule has 0 amide bonds. The van der Waals surface area contributed by atoms with Crippen LogP contribution in [0, 0.1) is 17.8 Å². The molecule has 1 saturated carbocycles. The van der Waals surface area contributed by atoms with Gasteiger partial charge in [0.15, 0.2) is 0 Å². The van der Waals surface area contributed by atoms with Crippen LogP contribution in [0.4, 0.5) is 0 Å². The lowest BCUT2D eigenvalue weighted by Gasteiger charge is -2.38. The fraction of sp³-hybridized carbons (Fsp3) is 0.727. The first-order chi connectivity index (χ1) is 10.7. The molecule has 4 unspecified atom stereocenters. The number of rotatable bonds is 3. The second-order valence-corrected chi connectivity index (χ2v) is 7.49. The largest absolute Gasteiger partial charge is 0.0654 e. The maximum Gasteiger partial charge on any atom is -0.0131 e. The van der Waals surface area contributed by atoms with Gasteiger partial charge in [0.1, 0.15) is 0 Å². The van der Waals surface area contributed by atoms with Crippen molar-refractivity contribution in [2.75, 3.05) is 0 Å². The molecule has 0 radical (unpaired) electrons. The van der Waals surface area contributed by atoms with Crippen molar-refractivity contribution >= 4 is 0 Å². The topological polar surface area (TPSA) is 0 Å². The third kappa shape index (κ3) is 3.94. The molecule has 0 N–H and O–H groups in total. The van der Waals surface area contributed by atoms with Crippen LogP contribution in [-0.4, -0.2) is 0 Å². The van der Waals surface area contributed by atoms with Gasteiger partial charge in [-0.3, -0.25) is 0 Å².